The Labute approximate surface area is 122 Å². The first kappa shape index (κ1) is 15.6. The maximum absolute atomic E-state index is 13.7. The van der Waals surface area contributed by atoms with Gasteiger partial charge in [-0.2, -0.15) is 0 Å². The minimum Gasteiger partial charge on any atom is -0.212 e. The molecule has 0 unspecified atom stereocenters. The van der Waals surface area contributed by atoms with Gasteiger partial charge < -0.3 is 0 Å². The third kappa shape index (κ3) is 3.26. The monoisotopic (exact) mass is 322 g/mol. The molecule has 1 aliphatic rings. The molecule has 0 amide bonds. The van der Waals surface area contributed by atoms with Crippen molar-refractivity contribution in [1.82, 2.24) is 0 Å². The second-order valence-corrected chi connectivity index (χ2v) is 9.31. The lowest BCUT2D eigenvalue weighted by Gasteiger charge is -2.27. The molecule has 6 heteroatoms. The highest BCUT2D eigenvalue weighted by atomic mass is 35.5. The van der Waals surface area contributed by atoms with Gasteiger partial charge in [0, 0.05) is 5.50 Å². The molecule has 0 nitrogen and oxygen atoms in total. The molecule has 0 aromatic heterocycles. The fraction of sp³-hybridized carbons (Fsp3) is 0.429. The average Bonchev–Trinajstić information content (AvgIpc) is 2.46. The molecule has 1 fully saturated rings. The molecular weight excluding hydrogens is 308 g/mol. The number of hydrogen-bond acceptors (Lipinski definition) is 0. The fourth-order valence-corrected chi connectivity index (χ4v) is 6.03. The van der Waals surface area contributed by atoms with Crippen LogP contribution in [0.3, 0.4) is 0 Å². The maximum atomic E-state index is 13.7. The molecule has 1 aromatic carbocycles. The molecule has 0 aliphatic carbocycles. The Morgan fingerprint density at radius 2 is 1.80 bits per heavy atom. The SMILES string of the molecule is FC=C(F)c1c(F)cc(C2CC[SiH](CCl)CC2)cc1F. The second kappa shape index (κ2) is 6.76. The van der Waals surface area contributed by atoms with E-state index in [9.17, 15) is 17.6 Å². The number of rotatable bonds is 3. The van der Waals surface area contributed by atoms with Crippen LogP contribution in [-0.2, 0) is 0 Å². The molecule has 0 bridgehead atoms. The lowest BCUT2D eigenvalue weighted by atomic mass is 9.92. The highest BCUT2D eigenvalue weighted by Gasteiger charge is 2.25. The number of alkyl halides is 1. The van der Waals surface area contributed by atoms with Crippen molar-refractivity contribution in [3.8, 4) is 0 Å². The second-order valence-electron chi connectivity index (χ2n) is 5.19. The first-order valence-electron chi connectivity index (χ1n) is 6.58. The van der Waals surface area contributed by atoms with Crippen LogP contribution in [0.5, 0.6) is 0 Å². The topological polar surface area (TPSA) is 0 Å². The summed E-state index contributed by atoms with van der Waals surface area (Å²) in [6.45, 7) is 0. The molecule has 0 radical (unpaired) electrons. The zero-order valence-corrected chi connectivity index (χ0v) is 12.7. The van der Waals surface area contributed by atoms with Gasteiger partial charge in [0.15, 0.2) is 5.83 Å². The molecule has 0 N–H and O–H groups in total. The first-order valence-corrected chi connectivity index (χ1v) is 9.56. The fourth-order valence-electron chi connectivity index (χ4n) is 2.76. The highest BCUT2D eigenvalue weighted by Crippen LogP contribution is 2.36. The minimum atomic E-state index is -1.52. The first-order chi connectivity index (χ1) is 9.56. The molecule has 1 saturated heterocycles. The van der Waals surface area contributed by atoms with Crippen LogP contribution in [0.2, 0.25) is 12.1 Å². The molecule has 1 heterocycles. The Balaban J connectivity index is 2.23. The summed E-state index contributed by atoms with van der Waals surface area (Å²) in [5, 5.41) is 0. The van der Waals surface area contributed by atoms with Gasteiger partial charge in [-0.3, -0.25) is 0 Å². The van der Waals surface area contributed by atoms with Crippen molar-refractivity contribution in [3.05, 3.63) is 41.2 Å². The predicted octanol–water partition coefficient (Wildman–Crippen LogP) is 5.08. The van der Waals surface area contributed by atoms with E-state index in [1.807, 2.05) is 0 Å². The van der Waals surface area contributed by atoms with Crippen molar-refractivity contribution < 1.29 is 17.6 Å². The van der Waals surface area contributed by atoms with Gasteiger partial charge in [-0.05, 0) is 36.5 Å². The molecule has 1 aliphatic heterocycles. The molecule has 0 spiro atoms. The average molecular weight is 323 g/mol. The number of halogens is 5. The van der Waals surface area contributed by atoms with Gasteiger partial charge in [0.25, 0.3) is 0 Å². The van der Waals surface area contributed by atoms with Crippen LogP contribution in [0.25, 0.3) is 5.83 Å². The van der Waals surface area contributed by atoms with Crippen molar-refractivity contribution >= 4 is 26.2 Å². The quantitative estimate of drug-likeness (QED) is 0.413. The zero-order chi connectivity index (χ0) is 14.7. The summed E-state index contributed by atoms with van der Waals surface area (Å²) in [4.78, 5) is 0. The predicted molar refractivity (Wildman–Crippen MR) is 76.0 cm³/mol. The summed E-state index contributed by atoms with van der Waals surface area (Å²) < 4.78 is 52.6. The summed E-state index contributed by atoms with van der Waals surface area (Å²) in [5.74, 6) is -3.55. The molecule has 20 heavy (non-hydrogen) atoms. The van der Waals surface area contributed by atoms with E-state index in [0.717, 1.165) is 42.6 Å². The van der Waals surface area contributed by atoms with Gasteiger partial charge in [-0.15, -0.1) is 11.6 Å². The Hall–Kier alpha value is -0.813. The van der Waals surface area contributed by atoms with Crippen molar-refractivity contribution in [2.45, 2.75) is 30.8 Å². The molecule has 1 aromatic rings. The summed E-state index contributed by atoms with van der Waals surface area (Å²) >= 11 is 5.85. The van der Waals surface area contributed by atoms with E-state index in [1.165, 1.54) is 0 Å². The van der Waals surface area contributed by atoms with Crippen LogP contribution in [0.4, 0.5) is 17.6 Å². The van der Waals surface area contributed by atoms with Crippen molar-refractivity contribution in [3.63, 3.8) is 0 Å². The molecular formula is C14H15ClF4Si. The van der Waals surface area contributed by atoms with Crippen LogP contribution in [0.1, 0.15) is 29.9 Å². The Morgan fingerprint density at radius 1 is 1.25 bits per heavy atom. The number of benzene rings is 1. The van der Waals surface area contributed by atoms with E-state index < -0.39 is 38.2 Å². The number of hydrogen-bond donors (Lipinski definition) is 0. The van der Waals surface area contributed by atoms with Gasteiger partial charge in [-0.25, -0.2) is 17.6 Å². The van der Waals surface area contributed by atoms with E-state index >= 15 is 0 Å². The van der Waals surface area contributed by atoms with E-state index in [4.69, 9.17) is 11.6 Å². The van der Waals surface area contributed by atoms with Crippen molar-refractivity contribution in [2.24, 2.45) is 0 Å². The van der Waals surface area contributed by atoms with Crippen LogP contribution in [-0.4, -0.2) is 14.3 Å². The van der Waals surface area contributed by atoms with Gasteiger partial charge >= 0.3 is 0 Å². The minimum absolute atomic E-state index is 0.0810. The van der Waals surface area contributed by atoms with E-state index in [2.05, 4.69) is 0 Å². The summed E-state index contributed by atoms with van der Waals surface area (Å²) in [5.41, 5.74) is 0.332. The molecule has 0 saturated carbocycles. The van der Waals surface area contributed by atoms with Crippen molar-refractivity contribution in [2.75, 3.05) is 5.50 Å². The molecule has 0 atom stereocenters. The summed E-state index contributed by atoms with van der Waals surface area (Å²) in [6.07, 6.45) is 1.30. The lowest BCUT2D eigenvalue weighted by Crippen LogP contribution is -2.22. The van der Waals surface area contributed by atoms with Gasteiger partial charge in [-0.1, -0.05) is 12.1 Å². The van der Waals surface area contributed by atoms with Crippen LogP contribution in [0, 0.1) is 11.6 Å². The Kier molecular flexibility index (Phi) is 5.27. The van der Waals surface area contributed by atoms with Crippen LogP contribution >= 0.6 is 11.6 Å². The largest absolute Gasteiger partial charge is 0.212 e. The Morgan fingerprint density at radius 3 is 2.25 bits per heavy atom. The normalized spacial score (nSPS) is 23.9. The van der Waals surface area contributed by atoms with Crippen LogP contribution in [0.15, 0.2) is 18.5 Å². The zero-order valence-electron chi connectivity index (χ0n) is 10.8. The van der Waals surface area contributed by atoms with E-state index in [0.29, 0.717) is 5.56 Å². The van der Waals surface area contributed by atoms with E-state index in [-0.39, 0.29) is 5.92 Å². The summed E-state index contributed by atoms with van der Waals surface area (Å²) in [7, 11) is -0.864. The van der Waals surface area contributed by atoms with Crippen LogP contribution < -0.4 is 0 Å². The third-order valence-corrected chi connectivity index (χ3v) is 7.98. The van der Waals surface area contributed by atoms with Gasteiger partial charge in [0.2, 0.25) is 0 Å². The lowest BCUT2D eigenvalue weighted by molar-refractivity contribution is 0.543. The highest BCUT2D eigenvalue weighted by molar-refractivity contribution is 6.67. The molecule has 110 valence electrons. The molecule has 2 rings (SSSR count). The van der Waals surface area contributed by atoms with E-state index in [1.54, 1.807) is 0 Å². The van der Waals surface area contributed by atoms with Crippen molar-refractivity contribution in [1.29, 1.82) is 0 Å². The summed E-state index contributed by atoms with van der Waals surface area (Å²) in [6, 6.07) is 4.35. The Bertz CT molecular complexity index is 487. The third-order valence-electron chi connectivity index (χ3n) is 3.94. The van der Waals surface area contributed by atoms with Gasteiger partial charge in [0.1, 0.15) is 18.0 Å². The van der Waals surface area contributed by atoms with Gasteiger partial charge in [0.05, 0.1) is 14.4 Å². The maximum Gasteiger partial charge on any atom is 0.164 e. The smallest absolute Gasteiger partial charge is 0.164 e. The standard InChI is InChI=1S/C14H15ClF4Si/c15-8-20-3-1-9(2-4-20)10-5-11(17)14(12(18)6-10)13(19)7-16/h5-7,9,20H,1-4,8H2.